The van der Waals surface area contributed by atoms with Crippen molar-refractivity contribution in [3.8, 4) is 0 Å². The van der Waals surface area contributed by atoms with Crippen LogP contribution in [0.1, 0.15) is 45.0 Å². The Morgan fingerprint density at radius 3 is 0.673 bits per heavy atom. The molecule has 0 N–H and O–H groups in total. The molecule has 8 bridgehead atoms. The van der Waals surface area contributed by atoms with E-state index in [1.807, 2.05) is 24.3 Å². The summed E-state index contributed by atoms with van der Waals surface area (Å²) in [5, 5.41) is 3.44. The molecule has 0 spiro atoms. The van der Waals surface area contributed by atoms with Gasteiger partial charge in [0.05, 0.1) is 0 Å². The van der Waals surface area contributed by atoms with E-state index in [1.54, 1.807) is 0 Å². The van der Waals surface area contributed by atoms with Gasteiger partial charge < -0.3 is 19.9 Å². The van der Waals surface area contributed by atoms with Crippen LogP contribution in [-0.4, -0.2) is 0 Å². The summed E-state index contributed by atoms with van der Waals surface area (Å²) in [4.78, 5) is 21.2. The topological polar surface area (TPSA) is 56.4 Å². The molecule has 5 heterocycles. The van der Waals surface area contributed by atoms with Gasteiger partial charge in [-0.15, -0.1) is 44.2 Å². The molecule has 0 aliphatic carbocycles. The smallest absolute Gasteiger partial charge is 0 e. The Kier molecular flexibility index (Phi) is 7.98. The van der Waals surface area contributed by atoms with Crippen molar-refractivity contribution in [2.75, 3.05) is 0 Å². The number of hydrogen-bond donors (Lipinski definition) is 0. The summed E-state index contributed by atoms with van der Waals surface area (Å²) in [6, 6.07) is 58.4. The van der Waals surface area contributed by atoms with Crippen LogP contribution in [-0.2, 0) is 16.8 Å². The molecule has 4 aromatic carbocycles. The first-order valence-electron chi connectivity index (χ1n) is 16.1. The van der Waals surface area contributed by atoms with E-state index in [0.29, 0.717) is 0 Å². The second kappa shape index (κ2) is 12.9. The number of fused-ring (bicyclic) bond motifs is 8. The van der Waals surface area contributed by atoms with Crippen LogP contribution in [0.25, 0.3) is 22.3 Å². The number of nitrogens with zero attached hydrogens (tertiary/aromatic N) is 4. The van der Waals surface area contributed by atoms with Crippen molar-refractivity contribution in [1.29, 1.82) is 0 Å². The summed E-state index contributed by atoms with van der Waals surface area (Å²) < 4.78 is 0. The van der Waals surface area contributed by atoms with E-state index in [0.717, 1.165) is 88.7 Å². The molecule has 4 aromatic heterocycles. The predicted molar refractivity (Wildman–Crippen MR) is 190 cm³/mol. The standard InChI is InChI=1S/C44H28N4.Co/c1-5-13-29(14-6-1)41-33-21-23-35(45-33)42(30-15-7-2-8-16-30)37-25-27-39(47-37)44(32-19-11-4-12-20-32)40-28-26-38(48-40)43(31-17-9-3-10-18-31)36-24-22-34(41)46-36;/h1-28H;/q-4;/b41-33-,41-34?,42-35-,42-37?,43-36?,43-38-,44-39?,44-40-;. The molecular formula is C44H28CoN4-4. The fourth-order valence-corrected chi connectivity index (χ4v) is 6.69. The third-order valence-electron chi connectivity index (χ3n) is 8.86. The molecule has 5 heteroatoms. The molecule has 0 saturated carbocycles. The van der Waals surface area contributed by atoms with Gasteiger partial charge in [-0.05, 0) is 44.5 Å². The minimum absolute atomic E-state index is 0. The Labute approximate surface area is 294 Å². The summed E-state index contributed by atoms with van der Waals surface area (Å²) in [6.45, 7) is 0. The summed E-state index contributed by atoms with van der Waals surface area (Å²) in [7, 11) is 0. The van der Waals surface area contributed by atoms with Gasteiger partial charge >= 0.3 is 0 Å². The maximum Gasteiger partial charge on any atom is 0 e. The van der Waals surface area contributed by atoms with Crippen molar-refractivity contribution in [1.82, 2.24) is 19.9 Å². The van der Waals surface area contributed by atoms with Crippen LogP contribution in [0.2, 0.25) is 0 Å². The third-order valence-corrected chi connectivity index (χ3v) is 8.86. The second-order valence-electron chi connectivity index (χ2n) is 11.8. The molecule has 49 heavy (non-hydrogen) atoms. The summed E-state index contributed by atoms with van der Waals surface area (Å²) in [5.41, 5.74) is 11.6. The Balaban J connectivity index is 0.00000348. The van der Waals surface area contributed by atoms with Gasteiger partial charge in [-0.1, -0.05) is 170 Å². The first-order chi connectivity index (χ1) is 23.8. The monoisotopic (exact) mass is 671 g/mol. The van der Waals surface area contributed by atoms with Gasteiger partial charge in [-0.3, -0.25) is 0 Å². The Morgan fingerprint density at radius 2 is 0.449 bits per heavy atom. The van der Waals surface area contributed by atoms with Gasteiger partial charge in [0.25, 0.3) is 0 Å². The van der Waals surface area contributed by atoms with Crippen molar-refractivity contribution in [2.24, 2.45) is 0 Å². The minimum Gasteiger partial charge on any atom is -0.657 e. The minimum atomic E-state index is 0. The van der Waals surface area contributed by atoms with Gasteiger partial charge in [-0.25, -0.2) is 0 Å². The van der Waals surface area contributed by atoms with E-state index in [2.05, 4.69) is 146 Å². The molecule has 8 aromatic rings. The van der Waals surface area contributed by atoms with Gasteiger partial charge in [0, 0.05) is 16.8 Å². The van der Waals surface area contributed by atoms with Gasteiger partial charge in [0.15, 0.2) is 0 Å². The molecular weight excluding hydrogens is 643 g/mol. The molecule has 0 fully saturated rings. The molecule has 4 nitrogen and oxygen atoms in total. The number of benzene rings is 4. The van der Waals surface area contributed by atoms with Crippen molar-refractivity contribution >= 4 is 22.3 Å². The summed E-state index contributed by atoms with van der Waals surface area (Å²) in [5.74, 6) is 0. The van der Waals surface area contributed by atoms with Crippen LogP contribution in [0.3, 0.4) is 0 Å². The van der Waals surface area contributed by atoms with E-state index in [-0.39, 0.29) is 16.8 Å². The zero-order valence-corrected chi connectivity index (χ0v) is 27.3. The largest absolute Gasteiger partial charge is 0.657 e. The normalized spacial score (nSPS) is 17.0. The molecule has 1 aliphatic heterocycles. The van der Waals surface area contributed by atoms with Crippen LogP contribution in [0, 0.1) is 0 Å². The summed E-state index contributed by atoms with van der Waals surface area (Å²) in [6.07, 6.45) is 0. The van der Waals surface area contributed by atoms with Crippen LogP contribution in [0.15, 0.2) is 170 Å². The fourth-order valence-electron chi connectivity index (χ4n) is 6.69. The van der Waals surface area contributed by atoms with Crippen LogP contribution >= 0.6 is 0 Å². The van der Waals surface area contributed by atoms with Gasteiger partial charge in [0.2, 0.25) is 0 Å². The van der Waals surface area contributed by atoms with Crippen molar-refractivity contribution < 1.29 is 16.8 Å². The van der Waals surface area contributed by atoms with Crippen LogP contribution in [0.5, 0.6) is 0 Å². The molecule has 0 unspecified atom stereocenters. The molecule has 0 atom stereocenters. The molecule has 1 radical (unpaired) electrons. The Hall–Kier alpha value is -6.01. The molecule has 237 valence electrons. The van der Waals surface area contributed by atoms with Gasteiger partial charge in [-0.2, -0.15) is 0 Å². The van der Waals surface area contributed by atoms with E-state index in [1.165, 1.54) is 0 Å². The number of aromatic nitrogens is 4. The van der Waals surface area contributed by atoms with Crippen LogP contribution < -0.4 is 41.3 Å². The maximum atomic E-state index is 5.31. The second-order valence-corrected chi connectivity index (χ2v) is 11.8. The molecule has 1 aliphatic rings. The fraction of sp³-hybridized carbons (Fsp3) is 0. The SMILES string of the molecule is [Co].c1ccc(/C2=c3\cc/c([n-]3)=C(\c3ccccc3)c3ccc([n-]3)/C(c3ccccc3)=c3/cc/c([n-]3)=C(\c3ccccc3)c3ccc2[n-]3)cc1. The van der Waals surface area contributed by atoms with Crippen molar-refractivity contribution in [2.45, 2.75) is 0 Å². The van der Waals surface area contributed by atoms with E-state index in [4.69, 9.17) is 19.9 Å². The van der Waals surface area contributed by atoms with Crippen LogP contribution in [0.4, 0.5) is 0 Å². The zero-order chi connectivity index (χ0) is 31.9. The maximum absolute atomic E-state index is 5.31. The zero-order valence-electron chi connectivity index (χ0n) is 26.3. The van der Waals surface area contributed by atoms with E-state index >= 15 is 0 Å². The molecule has 0 amide bonds. The molecule has 9 rings (SSSR count). The number of hydrogen-bond acceptors (Lipinski definition) is 0. The first kappa shape index (κ1) is 30.3. The predicted octanol–water partition coefficient (Wildman–Crippen LogP) is 4.82. The average Bonchev–Trinajstić information content (AvgIpc) is 3.98. The third kappa shape index (κ3) is 5.55. The Morgan fingerprint density at radius 1 is 0.224 bits per heavy atom. The Bertz CT molecular complexity index is 2280. The average molecular weight is 672 g/mol. The quantitative estimate of drug-likeness (QED) is 0.270. The number of rotatable bonds is 4. The van der Waals surface area contributed by atoms with Crippen molar-refractivity contribution in [3.05, 3.63) is 236 Å². The van der Waals surface area contributed by atoms with Crippen molar-refractivity contribution in [3.63, 3.8) is 0 Å². The van der Waals surface area contributed by atoms with Gasteiger partial charge in [0.1, 0.15) is 0 Å². The summed E-state index contributed by atoms with van der Waals surface area (Å²) >= 11 is 0. The molecule has 0 saturated heterocycles. The van der Waals surface area contributed by atoms with E-state index < -0.39 is 0 Å². The first-order valence-corrected chi connectivity index (χ1v) is 16.1. The van der Waals surface area contributed by atoms with E-state index in [9.17, 15) is 0 Å².